The van der Waals surface area contributed by atoms with Gasteiger partial charge in [-0.1, -0.05) is 37.3 Å². The molecule has 1 aliphatic heterocycles. The summed E-state index contributed by atoms with van der Waals surface area (Å²) in [4.78, 5) is 12.2. The van der Waals surface area contributed by atoms with Crippen molar-refractivity contribution in [2.45, 2.75) is 33.1 Å². The first-order chi connectivity index (χ1) is 11.9. The lowest BCUT2D eigenvalue weighted by Crippen LogP contribution is -2.47. The van der Waals surface area contributed by atoms with E-state index in [-0.39, 0.29) is 19.1 Å². The molecule has 1 N–H and O–H groups in total. The Bertz CT molecular complexity index is 648. The van der Waals surface area contributed by atoms with Crippen LogP contribution >= 0.6 is 0 Å². The van der Waals surface area contributed by atoms with Gasteiger partial charge in [0, 0.05) is 19.6 Å². The number of esters is 1. The van der Waals surface area contributed by atoms with Crippen molar-refractivity contribution < 1.29 is 17.9 Å². The van der Waals surface area contributed by atoms with Crippen LogP contribution in [0, 0.1) is 11.8 Å². The van der Waals surface area contributed by atoms with Gasteiger partial charge in [0.25, 0.3) is 10.2 Å². The van der Waals surface area contributed by atoms with Gasteiger partial charge in [0.1, 0.15) is 0 Å². The highest BCUT2D eigenvalue weighted by molar-refractivity contribution is 7.87. The van der Waals surface area contributed by atoms with Gasteiger partial charge in [0.15, 0.2) is 0 Å². The van der Waals surface area contributed by atoms with E-state index < -0.39 is 16.1 Å². The molecule has 140 valence electrons. The number of carbonyl (C=O) groups is 1. The maximum Gasteiger partial charge on any atom is 0.310 e. The molecule has 0 amide bonds. The Kier molecular flexibility index (Phi) is 7.40. The quantitative estimate of drug-likeness (QED) is 0.712. The SMILES string of the molecule is CCOC(=O)C(CNS(=O)(=O)N1CCCC(C)C1)Cc1ccccc1. The number of hydrogen-bond acceptors (Lipinski definition) is 4. The topological polar surface area (TPSA) is 75.7 Å². The van der Waals surface area contributed by atoms with Gasteiger partial charge in [-0.2, -0.15) is 12.7 Å². The number of piperidine rings is 1. The number of ether oxygens (including phenoxy) is 1. The molecule has 25 heavy (non-hydrogen) atoms. The van der Waals surface area contributed by atoms with E-state index in [0.29, 0.717) is 25.4 Å². The summed E-state index contributed by atoms with van der Waals surface area (Å²) in [5, 5.41) is 0. The standard InChI is InChI=1S/C18H28N2O4S/c1-3-24-18(21)17(12-16-9-5-4-6-10-16)13-19-25(22,23)20-11-7-8-15(2)14-20/h4-6,9-10,15,17,19H,3,7-8,11-14H2,1-2H3. The molecule has 1 fully saturated rings. The summed E-state index contributed by atoms with van der Waals surface area (Å²) in [6.07, 6.45) is 2.36. The highest BCUT2D eigenvalue weighted by Gasteiger charge is 2.29. The molecule has 1 aromatic carbocycles. The lowest BCUT2D eigenvalue weighted by molar-refractivity contribution is -0.147. The second kappa shape index (κ2) is 9.31. The molecule has 1 aliphatic rings. The number of carbonyl (C=O) groups excluding carboxylic acids is 1. The molecule has 0 aromatic heterocycles. The summed E-state index contributed by atoms with van der Waals surface area (Å²) in [6, 6.07) is 9.55. The highest BCUT2D eigenvalue weighted by atomic mass is 32.2. The van der Waals surface area contributed by atoms with E-state index >= 15 is 0 Å². The van der Waals surface area contributed by atoms with E-state index in [1.54, 1.807) is 6.92 Å². The first kappa shape index (κ1) is 19.9. The summed E-state index contributed by atoms with van der Waals surface area (Å²) >= 11 is 0. The third kappa shape index (κ3) is 6.09. The van der Waals surface area contributed by atoms with Crippen molar-refractivity contribution in [2.24, 2.45) is 11.8 Å². The summed E-state index contributed by atoms with van der Waals surface area (Å²) in [5.74, 6) is -0.559. The highest BCUT2D eigenvalue weighted by Crippen LogP contribution is 2.18. The predicted octanol–water partition coefficient (Wildman–Crippen LogP) is 1.97. The van der Waals surface area contributed by atoms with E-state index in [2.05, 4.69) is 11.6 Å². The number of rotatable bonds is 8. The van der Waals surface area contributed by atoms with Crippen LogP contribution < -0.4 is 4.72 Å². The third-order valence-corrected chi connectivity index (χ3v) is 5.96. The Morgan fingerprint density at radius 1 is 1.36 bits per heavy atom. The van der Waals surface area contributed by atoms with Gasteiger partial charge >= 0.3 is 5.97 Å². The van der Waals surface area contributed by atoms with Crippen LogP contribution in [0.15, 0.2) is 30.3 Å². The predicted molar refractivity (Wildman–Crippen MR) is 97.2 cm³/mol. The van der Waals surface area contributed by atoms with E-state index in [1.165, 1.54) is 4.31 Å². The number of benzene rings is 1. The molecule has 2 rings (SSSR count). The Morgan fingerprint density at radius 3 is 2.72 bits per heavy atom. The fourth-order valence-electron chi connectivity index (χ4n) is 3.06. The molecule has 1 saturated heterocycles. The molecule has 0 saturated carbocycles. The second-order valence-electron chi connectivity index (χ2n) is 6.60. The Labute approximate surface area is 150 Å². The molecule has 7 heteroatoms. The molecule has 2 atom stereocenters. The largest absolute Gasteiger partial charge is 0.466 e. The summed E-state index contributed by atoms with van der Waals surface area (Å²) < 4.78 is 34.3. The first-order valence-electron chi connectivity index (χ1n) is 8.87. The van der Waals surface area contributed by atoms with Gasteiger partial charge in [-0.15, -0.1) is 0 Å². The molecule has 6 nitrogen and oxygen atoms in total. The molecule has 0 radical (unpaired) electrons. The number of nitrogens with one attached hydrogen (secondary N) is 1. The Morgan fingerprint density at radius 2 is 2.08 bits per heavy atom. The third-order valence-electron chi connectivity index (χ3n) is 4.42. The molecule has 0 spiro atoms. The molecule has 1 heterocycles. The van der Waals surface area contributed by atoms with Gasteiger partial charge in [0.2, 0.25) is 0 Å². The van der Waals surface area contributed by atoms with Gasteiger partial charge in [-0.3, -0.25) is 4.79 Å². The van der Waals surface area contributed by atoms with Crippen LogP contribution in [0.2, 0.25) is 0 Å². The maximum absolute atomic E-state index is 12.5. The smallest absolute Gasteiger partial charge is 0.310 e. The average Bonchev–Trinajstić information content (AvgIpc) is 2.59. The monoisotopic (exact) mass is 368 g/mol. The molecule has 0 bridgehead atoms. The second-order valence-corrected chi connectivity index (χ2v) is 8.35. The van der Waals surface area contributed by atoms with Crippen LogP contribution in [0.1, 0.15) is 32.3 Å². The van der Waals surface area contributed by atoms with E-state index in [9.17, 15) is 13.2 Å². The van der Waals surface area contributed by atoms with Crippen molar-refractivity contribution in [1.82, 2.24) is 9.03 Å². The van der Waals surface area contributed by atoms with Crippen LogP contribution in [0.5, 0.6) is 0 Å². The fourth-order valence-corrected chi connectivity index (χ4v) is 4.47. The van der Waals surface area contributed by atoms with Crippen LogP contribution in [-0.4, -0.2) is 44.9 Å². The van der Waals surface area contributed by atoms with E-state index in [1.807, 2.05) is 30.3 Å². The Hall–Kier alpha value is -1.44. The lowest BCUT2D eigenvalue weighted by Gasteiger charge is -2.30. The minimum atomic E-state index is -3.58. The fraction of sp³-hybridized carbons (Fsp3) is 0.611. The van der Waals surface area contributed by atoms with E-state index in [4.69, 9.17) is 4.74 Å². The maximum atomic E-state index is 12.5. The van der Waals surface area contributed by atoms with Crippen molar-refractivity contribution >= 4 is 16.2 Å². The molecular formula is C18H28N2O4S. The van der Waals surface area contributed by atoms with Crippen LogP contribution in [-0.2, 0) is 26.2 Å². The summed E-state index contributed by atoms with van der Waals surface area (Å²) in [6.45, 7) is 5.18. The summed E-state index contributed by atoms with van der Waals surface area (Å²) in [5.41, 5.74) is 0.978. The molecule has 1 aromatic rings. The van der Waals surface area contributed by atoms with Gasteiger partial charge < -0.3 is 4.74 Å². The van der Waals surface area contributed by atoms with Crippen LogP contribution in [0.25, 0.3) is 0 Å². The first-order valence-corrected chi connectivity index (χ1v) is 10.3. The molecule has 2 unspecified atom stereocenters. The summed E-state index contributed by atoms with van der Waals surface area (Å²) in [7, 11) is -3.58. The number of hydrogen-bond donors (Lipinski definition) is 1. The lowest BCUT2D eigenvalue weighted by atomic mass is 10.00. The van der Waals surface area contributed by atoms with Gasteiger partial charge in [0.05, 0.1) is 12.5 Å². The van der Waals surface area contributed by atoms with Crippen LogP contribution in [0.4, 0.5) is 0 Å². The normalized spacial score (nSPS) is 20.2. The molecular weight excluding hydrogens is 340 g/mol. The van der Waals surface area contributed by atoms with Crippen molar-refractivity contribution in [1.29, 1.82) is 0 Å². The van der Waals surface area contributed by atoms with Crippen LogP contribution in [0.3, 0.4) is 0 Å². The molecule has 0 aliphatic carbocycles. The zero-order valence-electron chi connectivity index (χ0n) is 15.0. The van der Waals surface area contributed by atoms with Crippen molar-refractivity contribution in [2.75, 3.05) is 26.2 Å². The average molecular weight is 368 g/mol. The minimum absolute atomic E-state index is 0.0426. The zero-order chi connectivity index (χ0) is 18.3. The Balaban J connectivity index is 2.01. The van der Waals surface area contributed by atoms with Crippen molar-refractivity contribution in [3.63, 3.8) is 0 Å². The zero-order valence-corrected chi connectivity index (χ0v) is 15.8. The van der Waals surface area contributed by atoms with Crippen molar-refractivity contribution in [3.05, 3.63) is 35.9 Å². The minimum Gasteiger partial charge on any atom is -0.466 e. The van der Waals surface area contributed by atoms with Crippen molar-refractivity contribution in [3.8, 4) is 0 Å². The van der Waals surface area contributed by atoms with E-state index in [0.717, 1.165) is 18.4 Å². The van der Waals surface area contributed by atoms with Gasteiger partial charge in [-0.25, -0.2) is 4.72 Å². The number of nitrogens with zero attached hydrogens (tertiary/aromatic N) is 1. The van der Waals surface area contributed by atoms with Gasteiger partial charge in [-0.05, 0) is 37.7 Å².